The number of ether oxygens (including phenoxy) is 2. The van der Waals surface area contributed by atoms with Crippen molar-refractivity contribution in [2.24, 2.45) is 5.92 Å². The Morgan fingerprint density at radius 1 is 0.600 bits per heavy atom. The van der Waals surface area contributed by atoms with E-state index in [2.05, 4.69) is 20.8 Å². The van der Waals surface area contributed by atoms with Crippen molar-refractivity contribution in [3.8, 4) is 0 Å². The molecule has 0 aliphatic heterocycles. The molecule has 0 fully saturated rings. The second-order valence-electron chi connectivity index (χ2n) is 8.87. The molecule has 30 heavy (non-hydrogen) atoms. The van der Waals surface area contributed by atoms with Gasteiger partial charge in [-0.1, -0.05) is 111 Å². The molecule has 0 aliphatic rings. The predicted octanol–water partition coefficient (Wildman–Crippen LogP) is 7.77. The highest BCUT2D eigenvalue weighted by Gasteiger charge is 2.08. The van der Waals surface area contributed by atoms with E-state index in [0.29, 0.717) is 38.4 Å². The largest absolute Gasteiger partial charge is 0.466 e. The van der Waals surface area contributed by atoms with Crippen LogP contribution in [0.4, 0.5) is 0 Å². The van der Waals surface area contributed by atoms with Crippen molar-refractivity contribution in [1.29, 1.82) is 0 Å². The Bertz CT molecular complexity index is 394. The van der Waals surface area contributed by atoms with Crippen LogP contribution in [0.5, 0.6) is 0 Å². The first-order valence-electron chi connectivity index (χ1n) is 12.9. The van der Waals surface area contributed by atoms with Crippen LogP contribution in [-0.2, 0) is 19.1 Å². The number of unbranched alkanes of at least 4 members (excludes halogenated alkanes) is 13. The highest BCUT2D eigenvalue weighted by molar-refractivity contribution is 5.72. The third-order valence-electron chi connectivity index (χ3n) is 5.75. The van der Waals surface area contributed by atoms with Crippen molar-refractivity contribution in [3.63, 3.8) is 0 Å². The van der Waals surface area contributed by atoms with Gasteiger partial charge in [-0.25, -0.2) is 0 Å². The molecular formula is C26H50O4. The molecule has 0 aromatic rings. The molecule has 0 N–H and O–H groups in total. The molecule has 4 heteroatoms. The van der Waals surface area contributed by atoms with Crippen LogP contribution < -0.4 is 0 Å². The molecular weight excluding hydrogens is 376 g/mol. The third kappa shape index (κ3) is 21.6. The average molecular weight is 427 g/mol. The van der Waals surface area contributed by atoms with Crippen LogP contribution in [0.2, 0.25) is 0 Å². The lowest BCUT2D eigenvalue weighted by molar-refractivity contribution is -0.146. The van der Waals surface area contributed by atoms with E-state index in [1.165, 1.54) is 77.0 Å². The summed E-state index contributed by atoms with van der Waals surface area (Å²) in [7, 11) is 0. The second-order valence-corrected chi connectivity index (χ2v) is 8.87. The van der Waals surface area contributed by atoms with Gasteiger partial charge >= 0.3 is 11.9 Å². The molecule has 0 bridgehead atoms. The van der Waals surface area contributed by atoms with E-state index < -0.39 is 0 Å². The van der Waals surface area contributed by atoms with E-state index in [-0.39, 0.29) is 11.9 Å². The van der Waals surface area contributed by atoms with Crippen molar-refractivity contribution in [1.82, 2.24) is 0 Å². The normalized spacial score (nSPS) is 12.0. The molecule has 1 atom stereocenters. The minimum Gasteiger partial charge on any atom is -0.466 e. The summed E-state index contributed by atoms with van der Waals surface area (Å²) in [6.07, 6.45) is 20.6. The molecule has 0 saturated heterocycles. The van der Waals surface area contributed by atoms with Gasteiger partial charge in [0.1, 0.15) is 0 Å². The Balaban J connectivity index is 3.27. The molecule has 0 rings (SSSR count). The Labute approximate surface area is 186 Å². The van der Waals surface area contributed by atoms with Crippen LogP contribution in [-0.4, -0.2) is 25.2 Å². The Hall–Kier alpha value is -1.06. The topological polar surface area (TPSA) is 52.6 Å². The van der Waals surface area contributed by atoms with E-state index in [0.717, 1.165) is 19.3 Å². The SMILES string of the molecule is CCCCCCCCCCCCCCCCOC(=O)CCCC(=O)OCC(C)CC. The van der Waals surface area contributed by atoms with E-state index >= 15 is 0 Å². The molecule has 0 radical (unpaired) electrons. The molecule has 0 aliphatic carbocycles. The quantitative estimate of drug-likeness (QED) is 0.131. The average Bonchev–Trinajstić information content (AvgIpc) is 2.74. The number of carbonyl (C=O) groups is 2. The van der Waals surface area contributed by atoms with Gasteiger partial charge in [-0.15, -0.1) is 0 Å². The van der Waals surface area contributed by atoms with Gasteiger partial charge in [0.05, 0.1) is 13.2 Å². The maximum absolute atomic E-state index is 11.7. The summed E-state index contributed by atoms with van der Waals surface area (Å²) in [6, 6.07) is 0. The summed E-state index contributed by atoms with van der Waals surface area (Å²) < 4.78 is 10.4. The maximum Gasteiger partial charge on any atom is 0.305 e. The summed E-state index contributed by atoms with van der Waals surface area (Å²) in [6.45, 7) is 7.38. The molecule has 0 saturated carbocycles. The first-order chi connectivity index (χ1) is 14.6. The fourth-order valence-electron chi connectivity index (χ4n) is 3.36. The Morgan fingerprint density at radius 3 is 1.50 bits per heavy atom. The molecule has 4 nitrogen and oxygen atoms in total. The second kappa shape index (κ2) is 22.6. The van der Waals surface area contributed by atoms with Crippen LogP contribution in [0.25, 0.3) is 0 Å². The fourth-order valence-corrected chi connectivity index (χ4v) is 3.36. The predicted molar refractivity (Wildman–Crippen MR) is 126 cm³/mol. The zero-order valence-electron chi connectivity index (χ0n) is 20.4. The Morgan fingerprint density at radius 2 is 1.03 bits per heavy atom. The lowest BCUT2D eigenvalue weighted by Gasteiger charge is -2.09. The molecule has 0 aromatic heterocycles. The van der Waals surface area contributed by atoms with Gasteiger partial charge < -0.3 is 9.47 Å². The van der Waals surface area contributed by atoms with Crippen molar-refractivity contribution < 1.29 is 19.1 Å². The lowest BCUT2D eigenvalue weighted by atomic mass is 10.0. The van der Waals surface area contributed by atoms with Crippen LogP contribution in [0.15, 0.2) is 0 Å². The van der Waals surface area contributed by atoms with Gasteiger partial charge in [-0.2, -0.15) is 0 Å². The van der Waals surface area contributed by atoms with Gasteiger partial charge in [0.25, 0.3) is 0 Å². The van der Waals surface area contributed by atoms with Crippen LogP contribution >= 0.6 is 0 Å². The number of hydrogen-bond donors (Lipinski definition) is 0. The molecule has 0 amide bonds. The van der Waals surface area contributed by atoms with Gasteiger partial charge in [0, 0.05) is 12.8 Å². The number of carbonyl (C=O) groups excluding carboxylic acids is 2. The highest BCUT2D eigenvalue weighted by atomic mass is 16.5. The zero-order chi connectivity index (χ0) is 22.3. The maximum atomic E-state index is 11.7. The lowest BCUT2D eigenvalue weighted by Crippen LogP contribution is -2.12. The summed E-state index contributed by atoms with van der Waals surface area (Å²) in [4.78, 5) is 23.3. The summed E-state index contributed by atoms with van der Waals surface area (Å²) in [5, 5.41) is 0. The summed E-state index contributed by atoms with van der Waals surface area (Å²) >= 11 is 0. The van der Waals surface area contributed by atoms with Gasteiger partial charge in [-0.3, -0.25) is 9.59 Å². The zero-order valence-corrected chi connectivity index (χ0v) is 20.4. The number of esters is 2. The molecule has 1 unspecified atom stereocenters. The molecule has 0 spiro atoms. The first-order valence-corrected chi connectivity index (χ1v) is 12.9. The highest BCUT2D eigenvalue weighted by Crippen LogP contribution is 2.13. The first kappa shape index (κ1) is 28.9. The van der Waals surface area contributed by atoms with Crippen molar-refractivity contribution in [2.75, 3.05) is 13.2 Å². The van der Waals surface area contributed by atoms with E-state index in [1.54, 1.807) is 0 Å². The standard InChI is InChI=1S/C26H50O4/c1-4-6-7-8-9-10-11-12-13-14-15-16-17-18-22-29-25(27)20-19-21-26(28)30-23-24(3)5-2/h24H,4-23H2,1-3H3. The summed E-state index contributed by atoms with van der Waals surface area (Å²) in [5.74, 6) is -0.0153. The van der Waals surface area contributed by atoms with Gasteiger partial charge in [-0.05, 0) is 18.8 Å². The van der Waals surface area contributed by atoms with E-state index in [9.17, 15) is 9.59 Å². The summed E-state index contributed by atoms with van der Waals surface area (Å²) in [5.41, 5.74) is 0. The van der Waals surface area contributed by atoms with Crippen molar-refractivity contribution >= 4 is 11.9 Å². The molecule has 178 valence electrons. The number of rotatable bonds is 22. The minimum absolute atomic E-state index is 0.195. The smallest absolute Gasteiger partial charge is 0.305 e. The molecule has 0 heterocycles. The van der Waals surface area contributed by atoms with Gasteiger partial charge in [0.15, 0.2) is 0 Å². The Kier molecular flexibility index (Phi) is 21.8. The third-order valence-corrected chi connectivity index (χ3v) is 5.75. The molecule has 0 aromatic carbocycles. The number of hydrogen-bond acceptors (Lipinski definition) is 4. The monoisotopic (exact) mass is 426 g/mol. The van der Waals surface area contributed by atoms with Crippen LogP contribution in [0.1, 0.15) is 136 Å². The fraction of sp³-hybridized carbons (Fsp3) is 0.923. The van der Waals surface area contributed by atoms with Crippen molar-refractivity contribution in [3.05, 3.63) is 0 Å². The van der Waals surface area contributed by atoms with Crippen molar-refractivity contribution in [2.45, 2.75) is 136 Å². The van der Waals surface area contributed by atoms with Gasteiger partial charge in [0.2, 0.25) is 0 Å². The van der Waals surface area contributed by atoms with Crippen LogP contribution in [0.3, 0.4) is 0 Å². The van der Waals surface area contributed by atoms with Crippen LogP contribution in [0, 0.1) is 5.92 Å². The van der Waals surface area contributed by atoms with E-state index in [1.807, 2.05) is 0 Å². The van der Waals surface area contributed by atoms with E-state index in [4.69, 9.17) is 9.47 Å². The minimum atomic E-state index is -0.213.